The van der Waals surface area contributed by atoms with Crippen LogP contribution in [0, 0.1) is 6.92 Å². The Morgan fingerprint density at radius 1 is 1.00 bits per heavy atom. The van der Waals surface area contributed by atoms with Crippen LogP contribution in [0.5, 0.6) is 0 Å². The minimum atomic E-state index is 0. The summed E-state index contributed by atoms with van der Waals surface area (Å²) in [7, 11) is 0. The van der Waals surface area contributed by atoms with Gasteiger partial charge in [-0.3, -0.25) is 0 Å². The van der Waals surface area contributed by atoms with Crippen LogP contribution >= 0.6 is 24.0 Å². The Kier molecular flexibility index (Phi) is 9.25. The predicted molar refractivity (Wildman–Crippen MR) is 128 cm³/mol. The Hall–Kier alpha value is -1.60. The maximum atomic E-state index is 5.65. The highest BCUT2D eigenvalue weighted by atomic mass is 127. The molecule has 0 aliphatic carbocycles. The molecule has 0 atom stereocenters. The van der Waals surface area contributed by atoms with Gasteiger partial charge in [0.25, 0.3) is 0 Å². The van der Waals surface area contributed by atoms with Gasteiger partial charge >= 0.3 is 0 Å². The zero-order chi connectivity index (χ0) is 19.0. The zero-order valence-corrected chi connectivity index (χ0v) is 19.2. The van der Waals surface area contributed by atoms with Gasteiger partial charge < -0.3 is 15.4 Å². The van der Waals surface area contributed by atoms with Crippen molar-refractivity contribution in [1.29, 1.82) is 0 Å². The minimum Gasteiger partial charge on any atom is -0.381 e. The Morgan fingerprint density at radius 2 is 1.68 bits per heavy atom. The second-order valence-corrected chi connectivity index (χ2v) is 7.23. The highest BCUT2D eigenvalue weighted by molar-refractivity contribution is 14.0. The van der Waals surface area contributed by atoms with Crippen LogP contribution in [-0.2, 0) is 16.7 Å². The number of halogens is 1. The third kappa shape index (κ3) is 5.95. The van der Waals surface area contributed by atoms with Crippen LogP contribution in [0.2, 0.25) is 0 Å². The number of rotatable bonds is 6. The molecule has 1 aliphatic heterocycles. The summed E-state index contributed by atoms with van der Waals surface area (Å²) in [4.78, 5) is 4.82. The highest BCUT2D eigenvalue weighted by Gasteiger charge is 2.34. The van der Waals surface area contributed by atoms with Crippen molar-refractivity contribution in [3.05, 3.63) is 71.3 Å². The number of guanidine groups is 1. The standard InChI is InChI=1S/C23H31N3O.HI/c1-3-24-22(25-17-20-10-8-7-9-19(20)2)26-18-23(13-15-27-16-14-23)21-11-5-4-6-12-21;/h4-12H,3,13-18H2,1-2H3,(H2,24,25,26);1H. The molecular formula is C23H32IN3O. The third-order valence-corrected chi connectivity index (χ3v) is 5.44. The first-order valence-electron chi connectivity index (χ1n) is 9.93. The van der Waals surface area contributed by atoms with Crippen LogP contribution in [0.25, 0.3) is 0 Å². The molecule has 3 rings (SSSR count). The van der Waals surface area contributed by atoms with Crippen LogP contribution in [0.1, 0.15) is 36.5 Å². The molecule has 1 saturated heterocycles. The maximum absolute atomic E-state index is 5.65. The van der Waals surface area contributed by atoms with Gasteiger partial charge in [-0.1, -0.05) is 54.6 Å². The highest BCUT2D eigenvalue weighted by Crippen LogP contribution is 2.34. The molecule has 4 nitrogen and oxygen atoms in total. The van der Waals surface area contributed by atoms with Crippen molar-refractivity contribution in [2.75, 3.05) is 26.3 Å². The second-order valence-electron chi connectivity index (χ2n) is 7.23. The van der Waals surface area contributed by atoms with Gasteiger partial charge in [-0.05, 0) is 43.4 Å². The lowest BCUT2D eigenvalue weighted by Gasteiger charge is -2.38. The van der Waals surface area contributed by atoms with Crippen molar-refractivity contribution in [2.45, 2.75) is 38.6 Å². The first-order valence-corrected chi connectivity index (χ1v) is 9.93. The third-order valence-electron chi connectivity index (χ3n) is 5.44. The summed E-state index contributed by atoms with van der Waals surface area (Å²) in [5, 5.41) is 6.99. The molecule has 0 radical (unpaired) electrons. The number of aliphatic imine (C=N–C) groups is 1. The molecule has 1 aliphatic rings. The lowest BCUT2D eigenvalue weighted by Crippen LogP contribution is -2.48. The molecule has 0 bridgehead atoms. The fourth-order valence-electron chi connectivity index (χ4n) is 3.67. The van der Waals surface area contributed by atoms with Gasteiger partial charge in [0.15, 0.2) is 5.96 Å². The van der Waals surface area contributed by atoms with E-state index in [9.17, 15) is 0 Å². The summed E-state index contributed by atoms with van der Waals surface area (Å²) in [6, 6.07) is 19.2. The Labute approximate surface area is 186 Å². The zero-order valence-electron chi connectivity index (χ0n) is 16.9. The number of nitrogens with zero attached hydrogens (tertiary/aromatic N) is 1. The SMILES string of the molecule is CCNC(=NCc1ccccc1C)NCC1(c2ccccc2)CCOCC1.I. The van der Waals surface area contributed by atoms with Crippen LogP contribution in [0.4, 0.5) is 0 Å². The van der Waals surface area contributed by atoms with E-state index in [0.717, 1.165) is 45.1 Å². The van der Waals surface area contributed by atoms with E-state index in [0.29, 0.717) is 6.54 Å². The van der Waals surface area contributed by atoms with Crippen LogP contribution in [0.3, 0.4) is 0 Å². The van der Waals surface area contributed by atoms with Gasteiger partial charge in [-0.25, -0.2) is 4.99 Å². The molecule has 2 N–H and O–H groups in total. The summed E-state index contributed by atoms with van der Waals surface area (Å²) >= 11 is 0. The molecule has 2 aromatic rings. The summed E-state index contributed by atoms with van der Waals surface area (Å²) in [5.74, 6) is 0.877. The molecule has 28 heavy (non-hydrogen) atoms. The van der Waals surface area contributed by atoms with Gasteiger partial charge in [0, 0.05) is 31.7 Å². The predicted octanol–water partition coefficient (Wildman–Crippen LogP) is 4.42. The van der Waals surface area contributed by atoms with E-state index < -0.39 is 0 Å². The summed E-state index contributed by atoms with van der Waals surface area (Å²) < 4.78 is 5.65. The summed E-state index contributed by atoms with van der Waals surface area (Å²) in [5.41, 5.74) is 4.02. The first kappa shape index (κ1) is 22.7. The quantitative estimate of drug-likeness (QED) is 0.356. The fraction of sp³-hybridized carbons (Fsp3) is 0.435. The Balaban J connectivity index is 0.00000280. The summed E-state index contributed by atoms with van der Waals surface area (Å²) in [6.07, 6.45) is 2.06. The van der Waals surface area contributed by atoms with Crippen LogP contribution in [0.15, 0.2) is 59.6 Å². The molecule has 1 fully saturated rings. The van der Waals surface area contributed by atoms with Crippen LogP contribution < -0.4 is 10.6 Å². The fourth-order valence-corrected chi connectivity index (χ4v) is 3.67. The van der Waals surface area contributed by atoms with Crippen molar-refractivity contribution in [3.8, 4) is 0 Å². The van der Waals surface area contributed by atoms with Crippen LogP contribution in [-0.4, -0.2) is 32.3 Å². The monoisotopic (exact) mass is 493 g/mol. The lowest BCUT2D eigenvalue weighted by molar-refractivity contribution is 0.0514. The maximum Gasteiger partial charge on any atom is 0.191 e. The molecular weight excluding hydrogens is 461 g/mol. The minimum absolute atomic E-state index is 0. The average Bonchev–Trinajstić information content (AvgIpc) is 2.72. The Morgan fingerprint density at radius 3 is 2.36 bits per heavy atom. The Bertz CT molecular complexity index is 743. The van der Waals surface area contributed by atoms with E-state index in [4.69, 9.17) is 9.73 Å². The molecule has 0 saturated carbocycles. The normalized spacial score (nSPS) is 16.1. The van der Waals surface area contributed by atoms with Gasteiger partial charge in [-0.15, -0.1) is 24.0 Å². The largest absolute Gasteiger partial charge is 0.381 e. The van der Waals surface area contributed by atoms with Crippen molar-refractivity contribution in [2.24, 2.45) is 4.99 Å². The van der Waals surface area contributed by atoms with E-state index in [2.05, 4.69) is 79.1 Å². The number of benzene rings is 2. The molecule has 0 aromatic heterocycles. The van der Waals surface area contributed by atoms with Crippen molar-refractivity contribution < 1.29 is 4.74 Å². The molecule has 0 amide bonds. The smallest absolute Gasteiger partial charge is 0.191 e. The van der Waals surface area contributed by atoms with E-state index in [1.807, 2.05) is 0 Å². The number of ether oxygens (including phenoxy) is 1. The van der Waals surface area contributed by atoms with Gasteiger partial charge in [0.2, 0.25) is 0 Å². The number of hydrogen-bond acceptors (Lipinski definition) is 2. The first-order chi connectivity index (χ1) is 13.2. The summed E-state index contributed by atoms with van der Waals surface area (Å²) in [6.45, 7) is 8.26. The van der Waals surface area contributed by atoms with Gasteiger partial charge in [0.05, 0.1) is 6.54 Å². The lowest BCUT2D eigenvalue weighted by atomic mass is 9.74. The number of aryl methyl sites for hydroxylation is 1. The molecule has 0 unspecified atom stereocenters. The second kappa shape index (κ2) is 11.4. The van der Waals surface area contributed by atoms with Gasteiger partial charge in [-0.2, -0.15) is 0 Å². The van der Waals surface area contributed by atoms with E-state index in [1.54, 1.807) is 0 Å². The topological polar surface area (TPSA) is 45.7 Å². The molecule has 2 aromatic carbocycles. The molecule has 0 spiro atoms. The van der Waals surface area contributed by atoms with Crippen molar-refractivity contribution in [3.63, 3.8) is 0 Å². The average molecular weight is 493 g/mol. The molecule has 1 heterocycles. The van der Waals surface area contributed by atoms with Crippen molar-refractivity contribution in [1.82, 2.24) is 10.6 Å². The van der Waals surface area contributed by atoms with E-state index >= 15 is 0 Å². The van der Waals surface area contributed by atoms with Crippen molar-refractivity contribution >= 4 is 29.9 Å². The molecule has 5 heteroatoms. The van der Waals surface area contributed by atoms with E-state index in [1.165, 1.54) is 16.7 Å². The number of hydrogen-bond donors (Lipinski definition) is 2. The number of nitrogens with one attached hydrogen (secondary N) is 2. The van der Waals surface area contributed by atoms with Gasteiger partial charge in [0.1, 0.15) is 0 Å². The van der Waals surface area contributed by atoms with E-state index in [-0.39, 0.29) is 29.4 Å². The molecule has 152 valence electrons.